The number of hydrogen-bond acceptors (Lipinski definition) is 5. The lowest BCUT2D eigenvalue weighted by Gasteiger charge is -2.21. The van der Waals surface area contributed by atoms with Gasteiger partial charge in [-0.15, -0.1) is 0 Å². The van der Waals surface area contributed by atoms with Crippen molar-refractivity contribution >= 4 is 16.7 Å². The average Bonchev–Trinajstić information content (AvgIpc) is 2.72. The monoisotopic (exact) mass is 487 g/mol. The van der Waals surface area contributed by atoms with Crippen LogP contribution in [0.3, 0.4) is 0 Å². The van der Waals surface area contributed by atoms with E-state index in [4.69, 9.17) is 9.47 Å². The molecule has 5 nitrogen and oxygen atoms in total. The zero-order valence-electron chi connectivity index (χ0n) is 18.9. The van der Waals surface area contributed by atoms with E-state index in [2.05, 4.69) is 15.3 Å². The molecule has 0 spiro atoms. The molecular formula is C23H23F6N3O2. The lowest BCUT2D eigenvalue weighted by atomic mass is 10.0. The minimum atomic E-state index is -4.70. The van der Waals surface area contributed by atoms with Crippen LogP contribution in [0.1, 0.15) is 42.4 Å². The number of benzene rings is 2. The van der Waals surface area contributed by atoms with E-state index in [0.29, 0.717) is 6.92 Å². The van der Waals surface area contributed by atoms with Gasteiger partial charge in [0.05, 0.1) is 29.3 Å². The Labute approximate surface area is 192 Å². The number of anilines is 1. The molecule has 1 atom stereocenters. The van der Waals surface area contributed by atoms with Crippen LogP contribution in [0.25, 0.3) is 10.9 Å². The Balaban J connectivity index is 2.08. The summed E-state index contributed by atoms with van der Waals surface area (Å²) in [4.78, 5) is 8.33. The van der Waals surface area contributed by atoms with Crippen LogP contribution >= 0.6 is 0 Å². The molecule has 0 saturated heterocycles. The minimum Gasteiger partial charge on any atom is -0.491 e. The Hall–Kier alpha value is -3.08. The highest BCUT2D eigenvalue weighted by molar-refractivity contribution is 5.91. The predicted octanol–water partition coefficient (Wildman–Crippen LogP) is 6.41. The lowest BCUT2D eigenvalue weighted by Crippen LogP contribution is -2.16. The van der Waals surface area contributed by atoms with Gasteiger partial charge in [-0.2, -0.15) is 13.2 Å². The molecule has 0 aliphatic carbocycles. The summed E-state index contributed by atoms with van der Waals surface area (Å²) >= 11 is 0. The van der Waals surface area contributed by atoms with Crippen LogP contribution in [0.5, 0.6) is 5.75 Å². The Morgan fingerprint density at radius 3 is 2.35 bits per heavy atom. The van der Waals surface area contributed by atoms with Gasteiger partial charge >= 0.3 is 6.18 Å². The van der Waals surface area contributed by atoms with Crippen LogP contribution in [0, 0.1) is 12.7 Å². The van der Waals surface area contributed by atoms with Crippen molar-refractivity contribution < 1.29 is 35.8 Å². The van der Waals surface area contributed by atoms with Gasteiger partial charge in [-0.3, -0.25) is 0 Å². The predicted molar refractivity (Wildman–Crippen MR) is 115 cm³/mol. The minimum absolute atomic E-state index is 0.0112. The number of ether oxygens (including phenoxy) is 2. The number of nitrogens with zero attached hydrogens (tertiary/aromatic N) is 2. The van der Waals surface area contributed by atoms with Crippen molar-refractivity contribution in [2.75, 3.05) is 25.6 Å². The van der Waals surface area contributed by atoms with Gasteiger partial charge in [-0.25, -0.2) is 23.1 Å². The molecule has 0 radical (unpaired) electrons. The fourth-order valence-electron chi connectivity index (χ4n) is 3.46. The van der Waals surface area contributed by atoms with Gasteiger partial charge in [-0.1, -0.05) is 18.2 Å². The Bertz CT molecular complexity index is 1180. The van der Waals surface area contributed by atoms with Crippen LogP contribution in [0.2, 0.25) is 0 Å². The number of hydrogen-bond donors (Lipinski definition) is 1. The first-order valence-electron chi connectivity index (χ1n) is 10.3. The average molecular weight is 487 g/mol. The van der Waals surface area contributed by atoms with Gasteiger partial charge in [0, 0.05) is 25.0 Å². The van der Waals surface area contributed by atoms with E-state index in [-0.39, 0.29) is 41.3 Å². The zero-order chi connectivity index (χ0) is 25.3. The molecule has 0 saturated carbocycles. The van der Waals surface area contributed by atoms with E-state index in [1.165, 1.54) is 33.1 Å². The van der Waals surface area contributed by atoms with Crippen molar-refractivity contribution in [2.24, 2.45) is 0 Å². The zero-order valence-corrected chi connectivity index (χ0v) is 18.9. The molecule has 3 aromatic rings. The van der Waals surface area contributed by atoms with Crippen LogP contribution < -0.4 is 10.1 Å². The van der Waals surface area contributed by atoms with Gasteiger partial charge in [0.1, 0.15) is 29.8 Å². The maximum Gasteiger partial charge on any atom is 0.420 e. The molecule has 3 rings (SSSR count). The highest BCUT2D eigenvalue weighted by atomic mass is 19.4. The van der Waals surface area contributed by atoms with Crippen LogP contribution in [0.15, 0.2) is 30.3 Å². The van der Waals surface area contributed by atoms with E-state index in [1.807, 2.05) is 0 Å². The van der Waals surface area contributed by atoms with Crippen molar-refractivity contribution in [1.29, 1.82) is 0 Å². The third-order valence-corrected chi connectivity index (χ3v) is 5.08. The van der Waals surface area contributed by atoms with Gasteiger partial charge in [0.15, 0.2) is 0 Å². The molecule has 1 aromatic heterocycles. The molecule has 34 heavy (non-hydrogen) atoms. The van der Waals surface area contributed by atoms with Crippen molar-refractivity contribution in [3.8, 4) is 5.75 Å². The van der Waals surface area contributed by atoms with Crippen molar-refractivity contribution in [3.63, 3.8) is 0 Å². The van der Waals surface area contributed by atoms with Gasteiger partial charge < -0.3 is 14.8 Å². The summed E-state index contributed by atoms with van der Waals surface area (Å²) in [7, 11) is 1.39. The van der Waals surface area contributed by atoms with Gasteiger partial charge in [0.25, 0.3) is 5.92 Å². The normalized spacial score (nSPS) is 13.2. The number of fused-ring (bicyclic) bond motifs is 1. The van der Waals surface area contributed by atoms with E-state index >= 15 is 0 Å². The molecule has 0 unspecified atom stereocenters. The van der Waals surface area contributed by atoms with Gasteiger partial charge in [0.2, 0.25) is 0 Å². The largest absolute Gasteiger partial charge is 0.491 e. The lowest BCUT2D eigenvalue weighted by molar-refractivity contribution is -0.138. The summed E-state index contributed by atoms with van der Waals surface area (Å²) in [6.45, 7) is 3.56. The number of aromatic nitrogens is 2. The summed E-state index contributed by atoms with van der Waals surface area (Å²) in [5.74, 6) is -4.64. The van der Waals surface area contributed by atoms with E-state index in [0.717, 1.165) is 18.2 Å². The molecule has 1 heterocycles. The maximum absolute atomic E-state index is 14.8. The quantitative estimate of drug-likeness (QED) is 0.294. The summed E-state index contributed by atoms with van der Waals surface area (Å²) in [6.07, 6.45) is -4.70. The maximum atomic E-state index is 14.8. The molecule has 0 amide bonds. The number of aryl methyl sites for hydroxylation is 1. The van der Waals surface area contributed by atoms with E-state index in [1.54, 1.807) is 0 Å². The number of alkyl halides is 5. The summed E-state index contributed by atoms with van der Waals surface area (Å²) in [5, 5.41) is 3.11. The topological polar surface area (TPSA) is 56.3 Å². The standard InChI is InChI=1S/C23H23F6N3O2/c1-12(14-6-5-7-16(20(14)24)22(3,25)26)30-21-15-10-19(34-9-8-33-4)17(23(27,28)29)11-18(15)31-13(2)32-21/h5-7,10-12H,8-9H2,1-4H3,(H,30,31,32)/t12-/m1/s1. The fraction of sp³-hybridized carbons (Fsp3) is 0.391. The second-order valence-electron chi connectivity index (χ2n) is 7.79. The number of rotatable bonds is 8. The van der Waals surface area contributed by atoms with Crippen LogP contribution in [-0.4, -0.2) is 30.3 Å². The SMILES string of the molecule is COCCOc1cc2c(N[C@H](C)c3cccc(C(C)(F)F)c3F)nc(C)nc2cc1C(F)(F)F. The third-order valence-electron chi connectivity index (χ3n) is 5.08. The Kier molecular flexibility index (Phi) is 7.25. The van der Waals surface area contributed by atoms with Crippen LogP contribution in [-0.2, 0) is 16.8 Å². The molecule has 2 aromatic carbocycles. The number of methoxy groups -OCH3 is 1. The molecule has 0 fully saturated rings. The van der Waals surface area contributed by atoms with E-state index < -0.39 is 40.8 Å². The highest BCUT2D eigenvalue weighted by Crippen LogP contribution is 2.40. The van der Waals surface area contributed by atoms with Gasteiger partial charge in [-0.05, 0) is 26.0 Å². The molecule has 11 heteroatoms. The second kappa shape index (κ2) is 9.65. The Morgan fingerprint density at radius 2 is 1.74 bits per heavy atom. The molecule has 0 bridgehead atoms. The molecule has 0 aliphatic rings. The first-order chi connectivity index (χ1) is 15.8. The van der Waals surface area contributed by atoms with Crippen LogP contribution in [0.4, 0.5) is 32.2 Å². The van der Waals surface area contributed by atoms with E-state index in [9.17, 15) is 26.3 Å². The number of nitrogens with one attached hydrogen (secondary N) is 1. The third kappa shape index (κ3) is 5.52. The highest BCUT2D eigenvalue weighted by Gasteiger charge is 2.35. The Morgan fingerprint density at radius 1 is 1.03 bits per heavy atom. The molecule has 184 valence electrons. The van der Waals surface area contributed by atoms with Crippen molar-refractivity contribution in [1.82, 2.24) is 9.97 Å². The second-order valence-corrected chi connectivity index (χ2v) is 7.79. The van der Waals surface area contributed by atoms with Crippen molar-refractivity contribution in [2.45, 2.75) is 38.9 Å². The first-order valence-corrected chi connectivity index (χ1v) is 10.3. The molecule has 1 N–H and O–H groups in total. The summed E-state index contributed by atoms with van der Waals surface area (Å²) in [5.41, 5.74) is -1.84. The van der Waals surface area contributed by atoms with Crippen molar-refractivity contribution in [3.05, 3.63) is 58.7 Å². The summed E-state index contributed by atoms with van der Waals surface area (Å²) in [6, 6.07) is 4.80. The molecular weight excluding hydrogens is 464 g/mol. The first kappa shape index (κ1) is 25.5. The number of halogens is 6. The smallest absolute Gasteiger partial charge is 0.420 e. The molecule has 0 aliphatic heterocycles. The fourth-order valence-corrected chi connectivity index (χ4v) is 3.46. The summed E-state index contributed by atoms with van der Waals surface area (Å²) < 4.78 is 93.3.